The first kappa shape index (κ1) is 18.7. The van der Waals surface area contributed by atoms with Gasteiger partial charge in [-0.05, 0) is 62.4 Å². The van der Waals surface area contributed by atoms with E-state index in [0.717, 1.165) is 28.0 Å². The molecule has 6 nitrogen and oxygen atoms in total. The quantitative estimate of drug-likeness (QED) is 0.502. The molecule has 0 N–H and O–H groups in total. The molecule has 0 saturated heterocycles. The van der Waals surface area contributed by atoms with Gasteiger partial charge in [-0.1, -0.05) is 11.6 Å². The summed E-state index contributed by atoms with van der Waals surface area (Å²) in [4.78, 5) is 0.270. The van der Waals surface area contributed by atoms with Gasteiger partial charge >= 0.3 is 0 Å². The van der Waals surface area contributed by atoms with E-state index in [-0.39, 0.29) is 10.9 Å². The predicted octanol–water partition coefficient (Wildman–Crippen LogP) is 4.20. The van der Waals surface area contributed by atoms with Crippen molar-refractivity contribution in [1.82, 2.24) is 19.6 Å². The molecule has 0 bridgehead atoms. The zero-order chi connectivity index (χ0) is 20.1. The maximum Gasteiger partial charge on any atom is 0.175 e. The van der Waals surface area contributed by atoms with Gasteiger partial charge in [-0.2, -0.15) is 10.2 Å². The molecule has 0 fully saturated rings. The molecule has 2 heterocycles. The number of aryl methyl sites for hydroxylation is 1. The summed E-state index contributed by atoms with van der Waals surface area (Å²) in [5, 5.41) is 10.9. The van der Waals surface area contributed by atoms with Crippen molar-refractivity contribution in [3.8, 4) is 5.69 Å². The van der Waals surface area contributed by atoms with Crippen LogP contribution < -0.4 is 0 Å². The Bertz CT molecular complexity index is 1270. The van der Waals surface area contributed by atoms with Crippen LogP contribution in [0, 0.1) is 6.92 Å². The largest absolute Gasteiger partial charge is 0.264 e. The summed E-state index contributed by atoms with van der Waals surface area (Å²) in [6, 6.07) is 14.2. The highest BCUT2D eigenvalue weighted by atomic mass is 35.5. The maximum atomic E-state index is 11.7. The minimum Gasteiger partial charge on any atom is -0.264 e. The van der Waals surface area contributed by atoms with Crippen LogP contribution in [0.15, 0.2) is 59.6 Å². The molecule has 0 aliphatic carbocycles. The van der Waals surface area contributed by atoms with Crippen molar-refractivity contribution in [2.24, 2.45) is 0 Å². The first-order chi connectivity index (χ1) is 13.2. The van der Waals surface area contributed by atoms with Gasteiger partial charge in [0.1, 0.15) is 0 Å². The number of nitrogens with zero attached hydrogens (tertiary/aromatic N) is 4. The number of aromatic nitrogens is 4. The summed E-state index contributed by atoms with van der Waals surface area (Å²) in [7, 11) is -3.26. The molecule has 0 radical (unpaired) electrons. The van der Waals surface area contributed by atoms with Crippen LogP contribution >= 0.6 is 11.6 Å². The standard InChI is InChI=1S/C20H19ClN4O2S/c1-13-10-11-24(22-13)14(2)20-18-9-4-15(21)12-19(18)25(23-20)16-5-7-17(8-6-16)28(3,26)27/h4-12,14H,1-3H3. The second-order valence-electron chi connectivity index (χ2n) is 6.84. The monoisotopic (exact) mass is 414 g/mol. The fourth-order valence-electron chi connectivity index (χ4n) is 3.23. The number of fused-ring (bicyclic) bond motifs is 1. The minimum atomic E-state index is -3.26. The molecule has 1 atom stereocenters. The minimum absolute atomic E-state index is 0.0751. The molecule has 8 heteroatoms. The topological polar surface area (TPSA) is 69.8 Å². The van der Waals surface area contributed by atoms with Crippen molar-refractivity contribution >= 4 is 32.3 Å². The van der Waals surface area contributed by atoms with Crippen molar-refractivity contribution in [3.63, 3.8) is 0 Å². The third-order valence-electron chi connectivity index (χ3n) is 4.72. The van der Waals surface area contributed by atoms with Gasteiger partial charge in [0.15, 0.2) is 9.84 Å². The highest BCUT2D eigenvalue weighted by molar-refractivity contribution is 7.90. The molecular formula is C20H19ClN4O2S. The van der Waals surface area contributed by atoms with Crippen LogP contribution in [0.4, 0.5) is 0 Å². The molecule has 2 aromatic heterocycles. The van der Waals surface area contributed by atoms with Crippen molar-refractivity contribution in [3.05, 3.63) is 71.1 Å². The van der Waals surface area contributed by atoms with Gasteiger partial charge < -0.3 is 0 Å². The predicted molar refractivity (Wildman–Crippen MR) is 110 cm³/mol. The molecule has 4 rings (SSSR count). The molecule has 0 spiro atoms. The second kappa shape index (κ2) is 6.76. The third kappa shape index (κ3) is 3.31. The number of sulfone groups is 1. The van der Waals surface area contributed by atoms with Crippen LogP contribution in [0.5, 0.6) is 0 Å². The maximum absolute atomic E-state index is 11.7. The number of hydrogen-bond acceptors (Lipinski definition) is 4. The van der Waals surface area contributed by atoms with Crippen LogP contribution in [0.2, 0.25) is 5.02 Å². The average Bonchev–Trinajstić information content (AvgIpc) is 3.24. The van der Waals surface area contributed by atoms with Crippen molar-refractivity contribution < 1.29 is 8.42 Å². The smallest absolute Gasteiger partial charge is 0.175 e. The molecule has 0 amide bonds. The zero-order valence-corrected chi connectivity index (χ0v) is 17.2. The van der Waals surface area contributed by atoms with Crippen molar-refractivity contribution in [2.75, 3.05) is 6.26 Å². The molecule has 0 aliphatic heterocycles. The molecule has 1 unspecified atom stereocenters. The Kier molecular flexibility index (Phi) is 4.51. The van der Waals surface area contributed by atoms with Gasteiger partial charge in [0.25, 0.3) is 0 Å². The zero-order valence-electron chi connectivity index (χ0n) is 15.7. The lowest BCUT2D eigenvalue weighted by Crippen LogP contribution is -2.09. The average molecular weight is 415 g/mol. The van der Waals surface area contributed by atoms with E-state index in [1.807, 2.05) is 49.0 Å². The summed E-state index contributed by atoms with van der Waals surface area (Å²) in [6.45, 7) is 3.99. The van der Waals surface area contributed by atoms with Crippen LogP contribution in [-0.2, 0) is 9.84 Å². The van der Waals surface area contributed by atoms with Gasteiger partial charge in [-0.3, -0.25) is 4.68 Å². The Labute approximate surface area is 168 Å². The van der Waals surface area contributed by atoms with Gasteiger partial charge in [0, 0.05) is 22.9 Å². The number of halogens is 1. The Morgan fingerprint density at radius 1 is 1.04 bits per heavy atom. The van der Waals surface area contributed by atoms with Gasteiger partial charge in [-0.15, -0.1) is 0 Å². The van der Waals surface area contributed by atoms with E-state index in [4.69, 9.17) is 16.7 Å². The van der Waals surface area contributed by atoms with Crippen LogP contribution in [0.3, 0.4) is 0 Å². The molecule has 0 aliphatic rings. The number of hydrogen-bond donors (Lipinski definition) is 0. The Balaban J connectivity index is 1.88. The van der Waals surface area contributed by atoms with E-state index >= 15 is 0 Å². The first-order valence-electron chi connectivity index (χ1n) is 8.74. The lowest BCUT2D eigenvalue weighted by molar-refractivity contribution is 0.546. The lowest BCUT2D eigenvalue weighted by Gasteiger charge is -2.10. The van der Waals surface area contributed by atoms with E-state index in [9.17, 15) is 8.42 Å². The van der Waals surface area contributed by atoms with Gasteiger partial charge in [-0.25, -0.2) is 13.1 Å². The van der Waals surface area contributed by atoms with Crippen LogP contribution in [0.1, 0.15) is 24.4 Å². The van der Waals surface area contributed by atoms with E-state index in [1.54, 1.807) is 28.9 Å². The highest BCUT2D eigenvalue weighted by Gasteiger charge is 2.19. The van der Waals surface area contributed by atoms with Crippen LogP contribution in [-0.4, -0.2) is 34.2 Å². The summed E-state index contributed by atoms with van der Waals surface area (Å²) < 4.78 is 27.1. The summed E-state index contributed by atoms with van der Waals surface area (Å²) in [6.07, 6.45) is 3.12. The normalized spacial score (nSPS) is 13.1. The fourth-order valence-corrected chi connectivity index (χ4v) is 4.02. The van der Waals surface area contributed by atoms with E-state index in [1.165, 1.54) is 6.26 Å². The summed E-state index contributed by atoms with van der Waals surface area (Å²) in [5.74, 6) is 0. The number of rotatable bonds is 4. The molecular weight excluding hydrogens is 396 g/mol. The molecule has 0 saturated carbocycles. The Morgan fingerprint density at radius 2 is 1.75 bits per heavy atom. The third-order valence-corrected chi connectivity index (χ3v) is 6.08. The first-order valence-corrected chi connectivity index (χ1v) is 11.0. The van der Waals surface area contributed by atoms with Crippen LogP contribution in [0.25, 0.3) is 16.6 Å². The van der Waals surface area contributed by atoms with Gasteiger partial charge in [0.2, 0.25) is 0 Å². The van der Waals surface area contributed by atoms with Crippen molar-refractivity contribution in [1.29, 1.82) is 0 Å². The Morgan fingerprint density at radius 3 is 2.36 bits per heavy atom. The Hall–Kier alpha value is -2.64. The molecule has 4 aromatic rings. The van der Waals surface area contributed by atoms with Gasteiger partial charge in [0.05, 0.1) is 33.5 Å². The SMILES string of the molecule is Cc1ccn(C(C)c2nn(-c3ccc(S(C)(=O)=O)cc3)c3cc(Cl)ccc23)n1. The summed E-state index contributed by atoms with van der Waals surface area (Å²) >= 11 is 6.23. The van der Waals surface area contributed by atoms with Crippen molar-refractivity contribution in [2.45, 2.75) is 24.8 Å². The van der Waals surface area contributed by atoms with E-state index < -0.39 is 9.84 Å². The molecule has 2 aromatic carbocycles. The fraction of sp³-hybridized carbons (Fsp3) is 0.200. The molecule has 144 valence electrons. The number of benzene rings is 2. The van der Waals surface area contributed by atoms with E-state index in [2.05, 4.69) is 5.10 Å². The second-order valence-corrected chi connectivity index (χ2v) is 9.29. The lowest BCUT2D eigenvalue weighted by atomic mass is 10.1. The van der Waals surface area contributed by atoms with E-state index in [0.29, 0.717) is 5.02 Å². The highest BCUT2D eigenvalue weighted by Crippen LogP contribution is 2.30. The molecule has 28 heavy (non-hydrogen) atoms. The summed E-state index contributed by atoms with van der Waals surface area (Å²) in [5.41, 5.74) is 3.41.